The maximum Gasteiger partial charge on any atom is 0.410 e. The fourth-order valence-electron chi connectivity index (χ4n) is 5.44. The number of pyridine rings is 1. The summed E-state index contributed by atoms with van der Waals surface area (Å²) in [6, 6.07) is 17.6. The number of likely N-dealkylation sites (N-methyl/N-ethyl adjacent to an activating group) is 1. The third-order valence-electron chi connectivity index (χ3n) is 8.04. The van der Waals surface area contributed by atoms with Crippen LogP contribution >= 0.6 is 0 Å². The molecule has 3 heterocycles. The summed E-state index contributed by atoms with van der Waals surface area (Å²) >= 11 is 0. The molecule has 0 radical (unpaired) electrons. The first-order chi connectivity index (χ1) is 22.0. The zero-order chi connectivity index (χ0) is 32.6. The SMILES string of the molecule is CN(CCOCc1ccc2c(c1)C(=O)N(c1cc(-c3ccc(C#N)cc3-c3nncn3C)cc(C3CC3)n1)C2)C(=O)OC(C)(C)C. The highest BCUT2D eigenvalue weighted by molar-refractivity contribution is 6.10. The van der Waals surface area contributed by atoms with Crippen molar-refractivity contribution in [2.24, 2.45) is 7.05 Å². The Kier molecular flexibility index (Phi) is 8.32. The first-order valence-electron chi connectivity index (χ1n) is 15.4. The number of benzene rings is 2. The van der Waals surface area contributed by atoms with E-state index in [-0.39, 0.29) is 5.91 Å². The van der Waals surface area contributed by atoms with Crippen molar-refractivity contribution in [2.75, 3.05) is 25.1 Å². The molecular weight excluding hydrogens is 582 g/mol. The third-order valence-corrected chi connectivity index (χ3v) is 8.04. The normalized spacial score (nSPS) is 14.3. The average molecular weight is 620 g/mol. The minimum absolute atomic E-state index is 0.110. The van der Waals surface area contributed by atoms with E-state index in [1.54, 1.807) is 24.3 Å². The number of aryl methyl sites for hydroxylation is 1. The van der Waals surface area contributed by atoms with Gasteiger partial charge in [-0.1, -0.05) is 18.2 Å². The van der Waals surface area contributed by atoms with Crippen LogP contribution in [0.25, 0.3) is 22.5 Å². The molecule has 0 spiro atoms. The zero-order valence-electron chi connectivity index (χ0n) is 26.8. The van der Waals surface area contributed by atoms with Crippen LogP contribution in [0.1, 0.15) is 72.3 Å². The van der Waals surface area contributed by atoms with Gasteiger partial charge in [-0.2, -0.15) is 5.26 Å². The predicted molar refractivity (Wildman–Crippen MR) is 172 cm³/mol. The molecule has 4 aromatic rings. The van der Waals surface area contributed by atoms with Crippen molar-refractivity contribution in [1.82, 2.24) is 24.6 Å². The van der Waals surface area contributed by atoms with Crippen LogP contribution in [-0.2, 0) is 29.7 Å². The Morgan fingerprint density at radius 2 is 1.89 bits per heavy atom. The third kappa shape index (κ3) is 6.62. The van der Waals surface area contributed by atoms with Gasteiger partial charge in [0, 0.05) is 43.4 Å². The Bertz CT molecular complexity index is 1850. The average Bonchev–Trinajstić information content (AvgIpc) is 3.72. The molecule has 2 aromatic heterocycles. The number of carbonyl (C=O) groups is 2. The molecule has 1 aliphatic heterocycles. The van der Waals surface area contributed by atoms with E-state index in [4.69, 9.17) is 14.5 Å². The maximum absolute atomic E-state index is 13.8. The molecular formula is C35H37N7O4. The van der Waals surface area contributed by atoms with Crippen molar-refractivity contribution >= 4 is 17.8 Å². The van der Waals surface area contributed by atoms with Gasteiger partial charge in [0.15, 0.2) is 5.82 Å². The molecule has 2 amide bonds. The molecule has 0 unspecified atom stereocenters. The second-order valence-corrected chi connectivity index (χ2v) is 12.9. The van der Waals surface area contributed by atoms with E-state index in [0.717, 1.165) is 46.4 Å². The summed E-state index contributed by atoms with van der Waals surface area (Å²) in [5.74, 6) is 1.49. The molecule has 11 heteroatoms. The van der Waals surface area contributed by atoms with E-state index in [1.807, 2.05) is 68.8 Å². The van der Waals surface area contributed by atoms with Gasteiger partial charge in [0.05, 0.1) is 31.4 Å². The van der Waals surface area contributed by atoms with Crippen LogP contribution in [0.5, 0.6) is 0 Å². The highest BCUT2D eigenvalue weighted by Gasteiger charge is 2.32. The number of fused-ring (bicyclic) bond motifs is 1. The number of hydrogen-bond donors (Lipinski definition) is 0. The number of carbonyl (C=O) groups excluding carboxylic acids is 2. The lowest BCUT2D eigenvalue weighted by atomic mass is 9.96. The molecule has 2 aromatic carbocycles. The monoisotopic (exact) mass is 619 g/mol. The van der Waals surface area contributed by atoms with E-state index in [0.29, 0.717) is 55.0 Å². The smallest absolute Gasteiger partial charge is 0.410 e. The Labute approximate surface area is 268 Å². The lowest BCUT2D eigenvalue weighted by Gasteiger charge is -2.24. The molecule has 2 aliphatic rings. The van der Waals surface area contributed by atoms with Crippen molar-refractivity contribution < 1.29 is 19.1 Å². The van der Waals surface area contributed by atoms with Gasteiger partial charge in [0.1, 0.15) is 17.7 Å². The summed E-state index contributed by atoms with van der Waals surface area (Å²) in [5.41, 5.74) is 5.94. The zero-order valence-corrected chi connectivity index (χ0v) is 26.8. The highest BCUT2D eigenvalue weighted by Crippen LogP contribution is 2.43. The molecule has 236 valence electrons. The topological polar surface area (TPSA) is 126 Å². The Hall–Kier alpha value is -5.08. The van der Waals surface area contributed by atoms with Crippen LogP contribution in [0.2, 0.25) is 0 Å². The molecule has 0 saturated heterocycles. The maximum atomic E-state index is 13.8. The number of hydrogen-bond acceptors (Lipinski definition) is 8. The fraction of sp³-hybridized carbons (Fsp3) is 0.371. The molecule has 6 rings (SSSR count). The fourth-order valence-corrected chi connectivity index (χ4v) is 5.44. The quantitative estimate of drug-likeness (QED) is 0.214. The molecule has 0 N–H and O–H groups in total. The van der Waals surface area contributed by atoms with Crippen LogP contribution in [0, 0.1) is 11.3 Å². The second kappa shape index (κ2) is 12.4. The number of nitrogens with zero attached hydrogens (tertiary/aromatic N) is 7. The van der Waals surface area contributed by atoms with Crippen molar-refractivity contribution in [3.05, 3.63) is 82.8 Å². The van der Waals surface area contributed by atoms with Gasteiger partial charge < -0.3 is 18.9 Å². The number of aromatic nitrogens is 4. The Balaban J connectivity index is 1.21. The van der Waals surface area contributed by atoms with E-state index < -0.39 is 11.7 Å². The van der Waals surface area contributed by atoms with Crippen molar-refractivity contribution in [3.63, 3.8) is 0 Å². The molecule has 1 aliphatic carbocycles. The number of amides is 2. The van der Waals surface area contributed by atoms with E-state index in [2.05, 4.69) is 22.3 Å². The van der Waals surface area contributed by atoms with E-state index in [1.165, 1.54) is 4.90 Å². The summed E-state index contributed by atoms with van der Waals surface area (Å²) in [7, 11) is 3.55. The number of ether oxygens (including phenoxy) is 2. The summed E-state index contributed by atoms with van der Waals surface area (Å²) in [4.78, 5) is 34.2. The second-order valence-electron chi connectivity index (χ2n) is 12.9. The molecule has 46 heavy (non-hydrogen) atoms. The van der Waals surface area contributed by atoms with Crippen LogP contribution < -0.4 is 4.90 Å². The summed E-state index contributed by atoms with van der Waals surface area (Å²) in [5, 5.41) is 18.0. The minimum atomic E-state index is -0.558. The lowest BCUT2D eigenvalue weighted by molar-refractivity contribution is 0.0221. The minimum Gasteiger partial charge on any atom is -0.444 e. The van der Waals surface area contributed by atoms with Crippen LogP contribution in [0.15, 0.2) is 54.9 Å². The summed E-state index contributed by atoms with van der Waals surface area (Å²) in [6.45, 7) is 6.94. The predicted octanol–water partition coefficient (Wildman–Crippen LogP) is 5.84. The Morgan fingerprint density at radius 1 is 1.09 bits per heavy atom. The van der Waals surface area contributed by atoms with Crippen molar-refractivity contribution in [3.8, 4) is 28.6 Å². The Morgan fingerprint density at radius 3 is 2.59 bits per heavy atom. The lowest BCUT2D eigenvalue weighted by Crippen LogP contribution is -2.36. The first kappa shape index (κ1) is 30.9. The molecule has 1 fully saturated rings. The van der Waals surface area contributed by atoms with Crippen LogP contribution in [0.3, 0.4) is 0 Å². The molecule has 0 atom stereocenters. The van der Waals surface area contributed by atoms with Crippen LogP contribution in [0.4, 0.5) is 10.6 Å². The number of nitriles is 1. The number of rotatable bonds is 9. The summed E-state index contributed by atoms with van der Waals surface area (Å²) < 4.78 is 13.0. The molecule has 0 bridgehead atoms. The van der Waals surface area contributed by atoms with Crippen LogP contribution in [-0.4, -0.2) is 62.4 Å². The van der Waals surface area contributed by atoms with Gasteiger partial charge in [0.2, 0.25) is 0 Å². The first-order valence-corrected chi connectivity index (χ1v) is 15.4. The molecule has 11 nitrogen and oxygen atoms in total. The van der Waals surface area contributed by atoms with Gasteiger partial charge in [-0.15, -0.1) is 10.2 Å². The van der Waals surface area contributed by atoms with Crippen molar-refractivity contribution in [2.45, 2.75) is 58.3 Å². The summed E-state index contributed by atoms with van der Waals surface area (Å²) in [6.07, 6.45) is 3.36. The highest BCUT2D eigenvalue weighted by atomic mass is 16.6. The number of anilines is 1. The largest absolute Gasteiger partial charge is 0.444 e. The standard InChI is InChI=1S/C35H37N7O4/c1-35(2,3)46-34(44)40(4)12-13-45-20-23-6-8-25-19-42(33(43)28(25)15-23)31-17-26(16-30(38-31)24-9-10-24)27-11-7-22(18-36)14-29(27)32-39-37-21-41(32)5/h6-8,11,14-17,21,24H,9-10,12-13,19-20H2,1-5H3. The van der Waals surface area contributed by atoms with Crippen molar-refractivity contribution in [1.29, 1.82) is 5.26 Å². The van der Waals surface area contributed by atoms with E-state index in [9.17, 15) is 14.9 Å². The van der Waals surface area contributed by atoms with Gasteiger partial charge in [0.25, 0.3) is 5.91 Å². The van der Waals surface area contributed by atoms with Gasteiger partial charge in [-0.05, 0) is 86.2 Å². The van der Waals surface area contributed by atoms with E-state index >= 15 is 0 Å². The molecule has 1 saturated carbocycles. The van der Waals surface area contributed by atoms with Gasteiger partial charge in [-0.3, -0.25) is 9.69 Å². The van der Waals surface area contributed by atoms with Gasteiger partial charge in [-0.25, -0.2) is 9.78 Å². The van der Waals surface area contributed by atoms with Gasteiger partial charge >= 0.3 is 6.09 Å².